The van der Waals surface area contributed by atoms with Gasteiger partial charge in [-0.05, 0) is 55.6 Å². The molecule has 3 rings (SSSR count). The van der Waals surface area contributed by atoms with Gasteiger partial charge < -0.3 is 5.32 Å². The third kappa shape index (κ3) is 2.18. The third-order valence-electron chi connectivity index (χ3n) is 5.08. The second-order valence-electron chi connectivity index (χ2n) is 6.18. The van der Waals surface area contributed by atoms with Crippen molar-refractivity contribution in [1.29, 1.82) is 0 Å². The second-order valence-corrected chi connectivity index (χ2v) is 6.18. The molecule has 0 saturated heterocycles. The highest BCUT2D eigenvalue weighted by Gasteiger charge is 2.32. The Morgan fingerprint density at radius 3 is 2.89 bits per heavy atom. The van der Waals surface area contributed by atoms with Crippen LogP contribution in [0.25, 0.3) is 0 Å². The van der Waals surface area contributed by atoms with E-state index >= 15 is 0 Å². The molecule has 1 N–H and O–H groups in total. The zero-order valence-corrected chi connectivity index (χ0v) is 11.5. The molecule has 1 aromatic heterocycles. The van der Waals surface area contributed by atoms with Crippen molar-refractivity contribution in [1.82, 2.24) is 10.3 Å². The van der Waals surface area contributed by atoms with Gasteiger partial charge in [-0.25, -0.2) is 0 Å². The Labute approximate surface area is 110 Å². The predicted molar refractivity (Wildman–Crippen MR) is 74.4 cm³/mol. The molecule has 0 aromatic carbocycles. The van der Waals surface area contributed by atoms with Crippen molar-refractivity contribution < 1.29 is 0 Å². The molecule has 18 heavy (non-hydrogen) atoms. The molecular formula is C16H24N2. The lowest BCUT2D eigenvalue weighted by atomic mass is 9.90. The maximum Gasteiger partial charge on any atom is 0.0605 e. The van der Waals surface area contributed by atoms with E-state index in [0.717, 1.165) is 11.8 Å². The molecule has 1 heterocycles. The largest absolute Gasteiger partial charge is 0.306 e. The number of aromatic nitrogens is 1. The van der Waals surface area contributed by atoms with Crippen LogP contribution < -0.4 is 5.32 Å². The summed E-state index contributed by atoms with van der Waals surface area (Å²) in [6, 6.07) is 5.50. The Balaban J connectivity index is 1.75. The van der Waals surface area contributed by atoms with Gasteiger partial charge in [0.25, 0.3) is 0 Å². The van der Waals surface area contributed by atoms with Gasteiger partial charge in [0.1, 0.15) is 0 Å². The Hall–Kier alpha value is -0.890. The SMILES string of the molecule is CC1CCC(NC2CCCc3cccnc32)C1C. The van der Waals surface area contributed by atoms with Crippen molar-refractivity contribution in [2.45, 2.75) is 58.0 Å². The van der Waals surface area contributed by atoms with Crippen LogP contribution in [-0.2, 0) is 6.42 Å². The lowest BCUT2D eigenvalue weighted by Gasteiger charge is -2.30. The van der Waals surface area contributed by atoms with Gasteiger partial charge in [0.15, 0.2) is 0 Å². The molecule has 0 bridgehead atoms. The molecule has 0 radical (unpaired) electrons. The van der Waals surface area contributed by atoms with Crippen LogP contribution in [0.2, 0.25) is 0 Å². The van der Waals surface area contributed by atoms with Gasteiger partial charge in [-0.15, -0.1) is 0 Å². The minimum absolute atomic E-state index is 0.493. The fourth-order valence-corrected chi connectivity index (χ4v) is 3.63. The number of nitrogens with one attached hydrogen (secondary N) is 1. The van der Waals surface area contributed by atoms with E-state index in [1.54, 1.807) is 0 Å². The van der Waals surface area contributed by atoms with Crippen LogP contribution in [-0.4, -0.2) is 11.0 Å². The van der Waals surface area contributed by atoms with Crippen LogP contribution in [0.1, 0.15) is 56.8 Å². The lowest BCUT2D eigenvalue weighted by Crippen LogP contribution is -2.37. The van der Waals surface area contributed by atoms with Gasteiger partial charge in [0.05, 0.1) is 5.69 Å². The van der Waals surface area contributed by atoms with E-state index in [4.69, 9.17) is 0 Å². The van der Waals surface area contributed by atoms with Gasteiger partial charge in [-0.1, -0.05) is 19.9 Å². The van der Waals surface area contributed by atoms with Gasteiger partial charge in [0, 0.05) is 18.3 Å². The van der Waals surface area contributed by atoms with Crippen molar-refractivity contribution in [3.63, 3.8) is 0 Å². The summed E-state index contributed by atoms with van der Waals surface area (Å²) in [6.07, 6.45) is 8.41. The molecule has 2 aliphatic rings. The highest BCUT2D eigenvalue weighted by atomic mass is 15.0. The molecule has 2 aliphatic carbocycles. The zero-order valence-electron chi connectivity index (χ0n) is 11.5. The van der Waals surface area contributed by atoms with E-state index in [-0.39, 0.29) is 0 Å². The number of pyridine rings is 1. The Kier molecular flexibility index (Phi) is 3.38. The highest BCUT2D eigenvalue weighted by molar-refractivity contribution is 5.25. The maximum atomic E-state index is 4.62. The lowest BCUT2D eigenvalue weighted by molar-refractivity contribution is 0.319. The van der Waals surface area contributed by atoms with Gasteiger partial charge in [-0.3, -0.25) is 4.98 Å². The van der Waals surface area contributed by atoms with E-state index in [1.165, 1.54) is 43.4 Å². The van der Waals surface area contributed by atoms with Crippen LogP contribution in [0.15, 0.2) is 18.3 Å². The van der Waals surface area contributed by atoms with E-state index < -0.39 is 0 Å². The van der Waals surface area contributed by atoms with E-state index in [1.807, 2.05) is 6.20 Å². The molecule has 1 saturated carbocycles. The molecule has 98 valence electrons. The van der Waals surface area contributed by atoms with E-state index in [9.17, 15) is 0 Å². The molecule has 0 amide bonds. The second kappa shape index (κ2) is 5.00. The average molecular weight is 244 g/mol. The molecule has 1 aromatic rings. The molecule has 0 aliphatic heterocycles. The summed E-state index contributed by atoms with van der Waals surface area (Å²) in [5.41, 5.74) is 2.77. The Bertz CT molecular complexity index is 415. The number of aryl methyl sites for hydroxylation is 1. The molecule has 1 fully saturated rings. The summed E-state index contributed by atoms with van der Waals surface area (Å²) in [6.45, 7) is 4.79. The van der Waals surface area contributed by atoms with Crippen molar-refractivity contribution in [3.05, 3.63) is 29.6 Å². The fourth-order valence-electron chi connectivity index (χ4n) is 3.63. The minimum Gasteiger partial charge on any atom is -0.306 e. The van der Waals surface area contributed by atoms with Gasteiger partial charge in [-0.2, -0.15) is 0 Å². The first-order valence-corrected chi connectivity index (χ1v) is 7.45. The van der Waals surface area contributed by atoms with E-state index in [2.05, 4.69) is 36.3 Å². The summed E-state index contributed by atoms with van der Waals surface area (Å²) in [4.78, 5) is 4.62. The third-order valence-corrected chi connectivity index (χ3v) is 5.08. The number of rotatable bonds is 2. The summed E-state index contributed by atoms with van der Waals surface area (Å²) in [7, 11) is 0. The maximum absolute atomic E-state index is 4.62. The first kappa shape index (κ1) is 12.2. The van der Waals surface area contributed by atoms with Crippen LogP contribution in [0.4, 0.5) is 0 Å². The Morgan fingerprint density at radius 2 is 2.11 bits per heavy atom. The Morgan fingerprint density at radius 1 is 1.22 bits per heavy atom. The topological polar surface area (TPSA) is 24.9 Å². The monoisotopic (exact) mass is 244 g/mol. The first-order chi connectivity index (χ1) is 8.75. The van der Waals surface area contributed by atoms with Crippen molar-refractivity contribution in [2.24, 2.45) is 11.8 Å². The molecule has 0 spiro atoms. The van der Waals surface area contributed by atoms with Crippen molar-refractivity contribution in [3.8, 4) is 0 Å². The quantitative estimate of drug-likeness (QED) is 0.861. The predicted octanol–water partition coefficient (Wildman–Crippen LogP) is 3.48. The molecular weight excluding hydrogens is 220 g/mol. The zero-order chi connectivity index (χ0) is 12.5. The van der Waals surface area contributed by atoms with Gasteiger partial charge in [0.2, 0.25) is 0 Å². The van der Waals surface area contributed by atoms with Crippen LogP contribution >= 0.6 is 0 Å². The van der Waals surface area contributed by atoms with Crippen molar-refractivity contribution >= 4 is 0 Å². The fraction of sp³-hybridized carbons (Fsp3) is 0.688. The average Bonchev–Trinajstić information content (AvgIpc) is 2.71. The molecule has 4 unspecified atom stereocenters. The van der Waals surface area contributed by atoms with Crippen LogP contribution in [0.3, 0.4) is 0 Å². The highest BCUT2D eigenvalue weighted by Crippen LogP contribution is 2.35. The summed E-state index contributed by atoms with van der Waals surface area (Å²) in [5.74, 6) is 1.67. The van der Waals surface area contributed by atoms with E-state index in [0.29, 0.717) is 12.1 Å². The first-order valence-electron chi connectivity index (χ1n) is 7.45. The summed E-state index contributed by atoms with van der Waals surface area (Å²) in [5, 5.41) is 3.89. The minimum atomic E-state index is 0.493. The standard InChI is InChI=1S/C16H24N2/c1-11-8-9-14(12(11)2)18-15-7-3-5-13-6-4-10-17-16(13)15/h4,6,10-12,14-15,18H,3,5,7-9H2,1-2H3. The summed E-state index contributed by atoms with van der Waals surface area (Å²) >= 11 is 0. The molecule has 2 nitrogen and oxygen atoms in total. The van der Waals surface area contributed by atoms with Crippen LogP contribution in [0, 0.1) is 11.8 Å². The normalized spacial score (nSPS) is 35.4. The number of nitrogens with zero attached hydrogens (tertiary/aromatic N) is 1. The van der Waals surface area contributed by atoms with Crippen LogP contribution in [0.5, 0.6) is 0 Å². The smallest absolute Gasteiger partial charge is 0.0605 e. The number of hydrogen-bond acceptors (Lipinski definition) is 2. The molecule has 4 atom stereocenters. The number of hydrogen-bond donors (Lipinski definition) is 1. The van der Waals surface area contributed by atoms with Crippen molar-refractivity contribution in [2.75, 3.05) is 0 Å². The summed E-state index contributed by atoms with van der Waals surface area (Å²) < 4.78 is 0. The number of fused-ring (bicyclic) bond motifs is 1. The molecule has 2 heteroatoms. The van der Waals surface area contributed by atoms with Gasteiger partial charge >= 0.3 is 0 Å².